The third kappa shape index (κ3) is 2.43. The summed E-state index contributed by atoms with van der Waals surface area (Å²) in [6, 6.07) is 0.927. The van der Waals surface area contributed by atoms with Gasteiger partial charge in [0.05, 0.1) is 18.8 Å². The summed E-state index contributed by atoms with van der Waals surface area (Å²) >= 11 is 0. The van der Waals surface area contributed by atoms with Gasteiger partial charge in [-0.05, 0) is 26.8 Å². The van der Waals surface area contributed by atoms with E-state index in [0.717, 1.165) is 17.9 Å². The van der Waals surface area contributed by atoms with Crippen molar-refractivity contribution in [3.63, 3.8) is 0 Å². The van der Waals surface area contributed by atoms with Crippen LogP contribution < -0.4 is 0 Å². The summed E-state index contributed by atoms with van der Waals surface area (Å²) in [6.45, 7) is 7.38. The minimum Gasteiger partial charge on any atom is -0.480 e. The number of carbonyl (C=O) groups is 2. The highest BCUT2D eigenvalue weighted by Crippen LogP contribution is 2.19. The van der Waals surface area contributed by atoms with Crippen LogP contribution in [0.5, 0.6) is 0 Å². The lowest BCUT2D eigenvalue weighted by Crippen LogP contribution is -2.52. The second-order valence-electron chi connectivity index (χ2n) is 4.96. The van der Waals surface area contributed by atoms with Crippen LogP contribution in [0.3, 0.4) is 0 Å². The van der Waals surface area contributed by atoms with Crippen LogP contribution in [0.25, 0.3) is 0 Å². The Hall–Kier alpha value is -1.82. The number of nitrogens with zero attached hydrogens (tertiary/aromatic N) is 2. The third-order valence-corrected chi connectivity index (χ3v) is 3.79. The summed E-state index contributed by atoms with van der Waals surface area (Å²) in [5.41, 5.74) is 2.47. The molecule has 1 amide bonds. The Balaban J connectivity index is 2.32. The molecule has 1 N–H and O–H groups in total. The molecule has 20 heavy (non-hydrogen) atoms. The number of aromatic nitrogens is 1. The van der Waals surface area contributed by atoms with E-state index in [2.05, 4.69) is 0 Å². The zero-order valence-electron chi connectivity index (χ0n) is 12.0. The lowest BCUT2D eigenvalue weighted by molar-refractivity contribution is -0.147. The molecule has 1 unspecified atom stereocenters. The number of ether oxygens (including phenoxy) is 1. The number of aliphatic carboxylic acids is 1. The van der Waals surface area contributed by atoms with Crippen LogP contribution in [0.1, 0.15) is 28.7 Å². The normalized spacial score (nSPS) is 19.1. The molecule has 1 aromatic heterocycles. The average Bonchev–Trinajstić information content (AvgIpc) is 2.72. The lowest BCUT2D eigenvalue weighted by Gasteiger charge is -2.32. The fourth-order valence-corrected chi connectivity index (χ4v) is 2.71. The second kappa shape index (κ2) is 5.66. The number of hydrogen-bond donors (Lipinski definition) is 1. The number of carboxylic acid groups (broad SMARTS) is 1. The minimum absolute atomic E-state index is 0.0492. The van der Waals surface area contributed by atoms with Crippen LogP contribution in [-0.2, 0) is 16.1 Å². The van der Waals surface area contributed by atoms with Gasteiger partial charge in [0.15, 0.2) is 6.04 Å². The molecule has 1 aliphatic rings. The van der Waals surface area contributed by atoms with E-state index in [0.29, 0.717) is 18.7 Å². The first-order chi connectivity index (χ1) is 9.47. The SMILES string of the molecule is CCn1c(C)cc(C(=O)N2CCOCC2C(=O)O)c1C. The van der Waals surface area contributed by atoms with Gasteiger partial charge in [-0.1, -0.05) is 0 Å². The molecular formula is C14H20N2O4. The zero-order valence-corrected chi connectivity index (χ0v) is 12.0. The maximum Gasteiger partial charge on any atom is 0.328 e. The van der Waals surface area contributed by atoms with Crippen LogP contribution in [0, 0.1) is 13.8 Å². The van der Waals surface area contributed by atoms with Crippen molar-refractivity contribution in [1.82, 2.24) is 9.47 Å². The van der Waals surface area contributed by atoms with Crippen molar-refractivity contribution in [1.29, 1.82) is 0 Å². The predicted octanol–water partition coefficient (Wildman–Crippen LogP) is 1.05. The average molecular weight is 280 g/mol. The number of aryl methyl sites for hydroxylation is 1. The van der Waals surface area contributed by atoms with Gasteiger partial charge in [-0.25, -0.2) is 4.79 Å². The highest BCUT2D eigenvalue weighted by atomic mass is 16.5. The molecule has 1 aromatic rings. The summed E-state index contributed by atoms with van der Waals surface area (Å²) < 4.78 is 7.21. The summed E-state index contributed by atoms with van der Waals surface area (Å²) in [4.78, 5) is 25.2. The van der Waals surface area contributed by atoms with Gasteiger partial charge in [0.1, 0.15) is 0 Å². The van der Waals surface area contributed by atoms with Gasteiger partial charge in [-0.15, -0.1) is 0 Å². The van der Waals surface area contributed by atoms with Crippen LogP contribution in [0.15, 0.2) is 6.07 Å². The number of morpholine rings is 1. The summed E-state index contributed by atoms with van der Waals surface area (Å²) in [5.74, 6) is -1.25. The Morgan fingerprint density at radius 3 is 2.70 bits per heavy atom. The monoisotopic (exact) mass is 280 g/mol. The van der Waals surface area contributed by atoms with Gasteiger partial charge < -0.3 is 19.3 Å². The quantitative estimate of drug-likeness (QED) is 0.898. The molecule has 0 spiro atoms. The molecule has 0 aromatic carbocycles. The Bertz CT molecular complexity index is 536. The fourth-order valence-electron chi connectivity index (χ4n) is 2.71. The first-order valence-corrected chi connectivity index (χ1v) is 6.75. The van der Waals surface area contributed by atoms with Crippen molar-refractivity contribution in [3.8, 4) is 0 Å². The number of amides is 1. The zero-order chi connectivity index (χ0) is 14.9. The molecule has 2 heterocycles. The van der Waals surface area contributed by atoms with Crippen molar-refractivity contribution in [3.05, 3.63) is 23.0 Å². The number of rotatable bonds is 3. The maximum atomic E-state index is 12.6. The standard InChI is InChI=1S/C14H20N2O4/c1-4-15-9(2)7-11(10(15)3)13(17)16-5-6-20-8-12(16)14(18)19/h7,12H,4-6,8H2,1-3H3,(H,18,19). The second-order valence-corrected chi connectivity index (χ2v) is 4.96. The molecule has 1 saturated heterocycles. The number of carboxylic acids is 1. The van der Waals surface area contributed by atoms with Crippen molar-refractivity contribution in [2.24, 2.45) is 0 Å². The van der Waals surface area contributed by atoms with Crippen molar-refractivity contribution >= 4 is 11.9 Å². The van der Waals surface area contributed by atoms with Crippen LogP contribution >= 0.6 is 0 Å². The van der Waals surface area contributed by atoms with Gasteiger partial charge in [0.25, 0.3) is 5.91 Å². The van der Waals surface area contributed by atoms with Crippen molar-refractivity contribution in [2.45, 2.75) is 33.4 Å². The Morgan fingerprint density at radius 1 is 1.45 bits per heavy atom. The largest absolute Gasteiger partial charge is 0.480 e. The smallest absolute Gasteiger partial charge is 0.328 e. The molecule has 110 valence electrons. The van der Waals surface area contributed by atoms with E-state index >= 15 is 0 Å². The van der Waals surface area contributed by atoms with Crippen molar-refractivity contribution in [2.75, 3.05) is 19.8 Å². The third-order valence-electron chi connectivity index (χ3n) is 3.79. The highest BCUT2D eigenvalue weighted by molar-refractivity contribution is 5.98. The minimum atomic E-state index is -1.03. The van der Waals surface area contributed by atoms with E-state index in [1.54, 1.807) is 0 Å². The molecule has 6 nitrogen and oxygen atoms in total. The van der Waals surface area contributed by atoms with Crippen LogP contribution in [-0.4, -0.2) is 52.3 Å². The van der Waals surface area contributed by atoms with Crippen molar-refractivity contribution < 1.29 is 19.4 Å². The van der Waals surface area contributed by atoms with Crippen LogP contribution in [0.4, 0.5) is 0 Å². The Kier molecular flexibility index (Phi) is 4.13. The van der Waals surface area contributed by atoms with E-state index in [1.807, 2.05) is 31.4 Å². The van der Waals surface area contributed by atoms with E-state index < -0.39 is 12.0 Å². The molecule has 2 rings (SSSR count). The molecule has 1 aliphatic heterocycles. The molecular weight excluding hydrogens is 260 g/mol. The summed E-state index contributed by atoms with van der Waals surface area (Å²) in [6.07, 6.45) is 0. The van der Waals surface area contributed by atoms with E-state index in [4.69, 9.17) is 4.74 Å². The maximum absolute atomic E-state index is 12.6. The number of hydrogen-bond acceptors (Lipinski definition) is 3. The first kappa shape index (κ1) is 14.6. The number of carbonyl (C=O) groups excluding carboxylic acids is 1. The lowest BCUT2D eigenvalue weighted by atomic mass is 10.1. The molecule has 1 fully saturated rings. The van der Waals surface area contributed by atoms with E-state index in [1.165, 1.54) is 4.90 Å². The predicted molar refractivity (Wildman–Crippen MR) is 72.9 cm³/mol. The fraction of sp³-hybridized carbons (Fsp3) is 0.571. The molecule has 1 atom stereocenters. The van der Waals surface area contributed by atoms with Gasteiger partial charge in [0.2, 0.25) is 0 Å². The Labute approximate surface area is 117 Å². The van der Waals surface area contributed by atoms with Gasteiger partial charge in [-0.3, -0.25) is 4.79 Å². The van der Waals surface area contributed by atoms with Gasteiger partial charge in [0, 0.05) is 24.5 Å². The van der Waals surface area contributed by atoms with E-state index in [9.17, 15) is 14.7 Å². The van der Waals surface area contributed by atoms with Crippen LogP contribution in [0.2, 0.25) is 0 Å². The molecule has 0 bridgehead atoms. The van der Waals surface area contributed by atoms with Gasteiger partial charge >= 0.3 is 5.97 Å². The summed E-state index contributed by atoms with van der Waals surface area (Å²) in [5, 5.41) is 9.20. The summed E-state index contributed by atoms with van der Waals surface area (Å²) in [7, 11) is 0. The molecule has 6 heteroatoms. The molecule has 0 saturated carbocycles. The first-order valence-electron chi connectivity index (χ1n) is 6.75. The van der Waals surface area contributed by atoms with Gasteiger partial charge in [-0.2, -0.15) is 0 Å². The topological polar surface area (TPSA) is 71.8 Å². The molecule has 0 radical (unpaired) electrons. The highest BCUT2D eigenvalue weighted by Gasteiger charge is 2.34. The van der Waals surface area contributed by atoms with E-state index in [-0.39, 0.29) is 12.5 Å². The molecule has 0 aliphatic carbocycles. The Morgan fingerprint density at radius 2 is 2.15 bits per heavy atom.